The summed E-state index contributed by atoms with van der Waals surface area (Å²) >= 11 is 3.43. The lowest BCUT2D eigenvalue weighted by Gasteiger charge is -2.11. The van der Waals surface area contributed by atoms with Gasteiger partial charge in [0.2, 0.25) is 0 Å². The van der Waals surface area contributed by atoms with Crippen LogP contribution in [0.3, 0.4) is 0 Å². The highest BCUT2D eigenvalue weighted by Crippen LogP contribution is 2.23. The van der Waals surface area contributed by atoms with E-state index >= 15 is 0 Å². The number of hydrogen-bond donors (Lipinski definition) is 2. The molecule has 0 aliphatic heterocycles. The van der Waals surface area contributed by atoms with Gasteiger partial charge in [0.1, 0.15) is 0 Å². The fourth-order valence-electron chi connectivity index (χ4n) is 2.62. The predicted molar refractivity (Wildman–Crippen MR) is 75.7 cm³/mol. The SMILES string of the molecule is O=C(NC1CCCC1)c1c[nH]c2cc(Br)ccc12. The van der Waals surface area contributed by atoms with Gasteiger partial charge in [0.25, 0.3) is 5.91 Å². The fraction of sp³-hybridized carbons (Fsp3) is 0.357. The number of fused-ring (bicyclic) bond motifs is 1. The van der Waals surface area contributed by atoms with Crippen molar-refractivity contribution in [1.29, 1.82) is 0 Å². The molecule has 1 heterocycles. The molecular weight excluding hydrogens is 292 g/mol. The molecule has 4 heteroatoms. The van der Waals surface area contributed by atoms with Crippen LogP contribution >= 0.6 is 15.9 Å². The van der Waals surface area contributed by atoms with E-state index in [1.54, 1.807) is 6.20 Å². The molecule has 94 valence electrons. The summed E-state index contributed by atoms with van der Waals surface area (Å²) in [6, 6.07) is 6.28. The van der Waals surface area contributed by atoms with Gasteiger partial charge in [0, 0.05) is 27.6 Å². The predicted octanol–water partition coefficient (Wildman–Crippen LogP) is 3.60. The lowest BCUT2D eigenvalue weighted by Crippen LogP contribution is -2.32. The maximum absolute atomic E-state index is 12.2. The highest BCUT2D eigenvalue weighted by atomic mass is 79.9. The number of H-pyrrole nitrogens is 1. The third-order valence-electron chi connectivity index (χ3n) is 3.58. The van der Waals surface area contributed by atoms with E-state index in [2.05, 4.69) is 26.2 Å². The first-order valence-corrected chi connectivity index (χ1v) is 7.11. The first-order chi connectivity index (χ1) is 8.74. The monoisotopic (exact) mass is 306 g/mol. The highest BCUT2D eigenvalue weighted by Gasteiger charge is 2.19. The maximum atomic E-state index is 12.2. The molecule has 0 bridgehead atoms. The average molecular weight is 307 g/mol. The van der Waals surface area contributed by atoms with Gasteiger partial charge in [-0.15, -0.1) is 0 Å². The Hall–Kier alpha value is -1.29. The minimum atomic E-state index is 0.0375. The largest absolute Gasteiger partial charge is 0.360 e. The molecule has 1 fully saturated rings. The number of hydrogen-bond acceptors (Lipinski definition) is 1. The van der Waals surface area contributed by atoms with Crippen LogP contribution in [0.15, 0.2) is 28.9 Å². The molecule has 1 aliphatic carbocycles. The second kappa shape index (κ2) is 4.76. The topological polar surface area (TPSA) is 44.9 Å². The second-order valence-electron chi connectivity index (χ2n) is 4.85. The van der Waals surface area contributed by atoms with Crippen molar-refractivity contribution in [3.8, 4) is 0 Å². The quantitative estimate of drug-likeness (QED) is 0.875. The van der Waals surface area contributed by atoms with Crippen LogP contribution in [0.2, 0.25) is 0 Å². The number of halogens is 1. The number of amides is 1. The number of benzene rings is 1. The number of rotatable bonds is 2. The zero-order valence-electron chi connectivity index (χ0n) is 10.0. The Kier molecular flexibility index (Phi) is 3.12. The summed E-state index contributed by atoms with van der Waals surface area (Å²) in [5.74, 6) is 0.0375. The van der Waals surface area contributed by atoms with Crippen LogP contribution in [0.4, 0.5) is 0 Å². The van der Waals surface area contributed by atoms with Gasteiger partial charge in [0.05, 0.1) is 5.56 Å². The molecule has 1 saturated carbocycles. The Labute approximate surface area is 114 Å². The maximum Gasteiger partial charge on any atom is 0.253 e. The van der Waals surface area contributed by atoms with Crippen LogP contribution < -0.4 is 5.32 Å². The van der Waals surface area contributed by atoms with Crippen LogP contribution in [0.25, 0.3) is 10.9 Å². The number of aromatic nitrogens is 1. The summed E-state index contributed by atoms with van der Waals surface area (Å²) in [6.07, 6.45) is 6.47. The fourth-order valence-corrected chi connectivity index (χ4v) is 2.98. The Morgan fingerprint density at radius 2 is 2.11 bits per heavy atom. The van der Waals surface area contributed by atoms with E-state index in [4.69, 9.17) is 0 Å². The molecule has 0 radical (unpaired) electrons. The summed E-state index contributed by atoms with van der Waals surface area (Å²) in [5, 5.41) is 4.10. The number of aromatic amines is 1. The van der Waals surface area contributed by atoms with Crippen LogP contribution in [0, 0.1) is 0 Å². The summed E-state index contributed by atoms with van der Waals surface area (Å²) in [5.41, 5.74) is 1.73. The molecule has 1 aliphatic rings. The molecule has 0 unspecified atom stereocenters. The van der Waals surface area contributed by atoms with Gasteiger partial charge >= 0.3 is 0 Å². The van der Waals surface area contributed by atoms with Crippen molar-refractivity contribution in [3.63, 3.8) is 0 Å². The Balaban J connectivity index is 1.86. The van der Waals surface area contributed by atoms with E-state index in [1.165, 1.54) is 12.8 Å². The van der Waals surface area contributed by atoms with Crippen LogP contribution in [0.1, 0.15) is 36.0 Å². The van der Waals surface area contributed by atoms with Crippen molar-refractivity contribution in [2.24, 2.45) is 0 Å². The molecule has 18 heavy (non-hydrogen) atoms. The van der Waals surface area contributed by atoms with Gasteiger partial charge in [0.15, 0.2) is 0 Å². The van der Waals surface area contributed by atoms with Crippen molar-refractivity contribution in [2.45, 2.75) is 31.7 Å². The zero-order valence-corrected chi connectivity index (χ0v) is 11.6. The van der Waals surface area contributed by atoms with E-state index in [0.29, 0.717) is 6.04 Å². The lowest BCUT2D eigenvalue weighted by molar-refractivity contribution is 0.0939. The minimum Gasteiger partial charge on any atom is -0.360 e. The van der Waals surface area contributed by atoms with E-state index in [-0.39, 0.29) is 5.91 Å². The van der Waals surface area contributed by atoms with Gasteiger partial charge in [-0.3, -0.25) is 4.79 Å². The summed E-state index contributed by atoms with van der Waals surface area (Å²) in [4.78, 5) is 15.4. The standard InChI is InChI=1S/C14H15BrN2O/c15-9-5-6-11-12(8-16-13(11)7-9)14(18)17-10-3-1-2-4-10/h5-8,10,16H,1-4H2,(H,17,18). The second-order valence-corrected chi connectivity index (χ2v) is 5.76. The molecule has 0 saturated heterocycles. The third-order valence-corrected chi connectivity index (χ3v) is 4.07. The van der Waals surface area contributed by atoms with Crippen LogP contribution in [0.5, 0.6) is 0 Å². The number of carbonyl (C=O) groups is 1. The van der Waals surface area contributed by atoms with Gasteiger partial charge < -0.3 is 10.3 Å². The molecule has 2 aromatic rings. The van der Waals surface area contributed by atoms with Crippen molar-refractivity contribution in [3.05, 3.63) is 34.4 Å². The van der Waals surface area contributed by atoms with E-state index in [9.17, 15) is 4.79 Å². The van der Waals surface area contributed by atoms with Crippen molar-refractivity contribution in [2.75, 3.05) is 0 Å². The minimum absolute atomic E-state index is 0.0375. The van der Waals surface area contributed by atoms with Gasteiger partial charge in [-0.25, -0.2) is 0 Å². The van der Waals surface area contributed by atoms with Crippen LogP contribution in [-0.4, -0.2) is 16.9 Å². The van der Waals surface area contributed by atoms with Gasteiger partial charge in [-0.2, -0.15) is 0 Å². The smallest absolute Gasteiger partial charge is 0.253 e. The van der Waals surface area contributed by atoms with Crippen molar-refractivity contribution in [1.82, 2.24) is 10.3 Å². The molecular formula is C14H15BrN2O. The van der Waals surface area contributed by atoms with Crippen molar-refractivity contribution < 1.29 is 4.79 Å². The molecule has 0 spiro atoms. The summed E-state index contributed by atoms with van der Waals surface area (Å²) in [6.45, 7) is 0. The average Bonchev–Trinajstić information content (AvgIpc) is 2.97. The van der Waals surface area contributed by atoms with Gasteiger partial charge in [-0.05, 0) is 25.0 Å². The highest BCUT2D eigenvalue weighted by molar-refractivity contribution is 9.10. The normalized spacial score (nSPS) is 16.3. The molecule has 1 amide bonds. The third kappa shape index (κ3) is 2.17. The van der Waals surface area contributed by atoms with E-state index < -0.39 is 0 Å². The Bertz CT molecular complexity index is 584. The first-order valence-electron chi connectivity index (χ1n) is 6.31. The molecule has 3 rings (SSSR count). The van der Waals surface area contributed by atoms with E-state index in [0.717, 1.165) is 33.8 Å². The molecule has 0 atom stereocenters. The Morgan fingerprint density at radius 1 is 1.33 bits per heavy atom. The summed E-state index contributed by atoms with van der Waals surface area (Å²) < 4.78 is 1.01. The molecule has 3 nitrogen and oxygen atoms in total. The molecule has 1 aromatic heterocycles. The van der Waals surface area contributed by atoms with Crippen molar-refractivity contribution >= 4 is 32.7 Å². The number of carbonyl (C=O) groups excluding carboxylic acids is 1. The molecule has 2 N–H and O–H groups in total. The molecule has 1 aromatic carbocycles. The number of nitrogens with one attached hydrogen (secondary N) is 2. The lowest BCUT2D eigenvalue weighted by atomic mass is 10.1. The summed E-state index contributed by atoms with van der Waals surface area (Å²) in [7, 11) is 0. The zero-order chi connectivity index (χ0) is 12.5. The van der Waals surface area contributed by atoms with Crippen LogP contribution in [-0.2, 0) is 0 Å². The van der Waals surface area contributed by atoms with E-state index in [1.807, 2.05) is 18.2 Å². The van der Waals surface area contributed by atoms with Gasteiger partial charge in [-0.1, -0.05) is 34.8 Å². The first kappa shape index (κ1) is 11.8. The Morgan fingerprint density at radius 3 is 2.89 bits per heavy atom.